The number of alkyl halides is 1. The van der Waals surface area contributed by atoms with Crippen molar-refractivity contribution in [1.82, 2.24) is 20.1 Å². The molecule has 34 heavy (non-hydrogen) atoms. The van der Waals surface area contributed by atoms with Crippen LogP contribution in [0, 0.1) is 0 Å². The fraction of sp³-hybridized carbons (Fsp3) is 0.435. The molecule has 182 valence electrons. The Morgan fingerprint density at radius 3 is 2.68 bits per heavy atom. The molecule has 1 amide bonds. The third kappa shape index (κ3) is 5.20. The summed E-state index contributed by atoms with van der Waals surface area (Å²) in [4.78, 5) is 17.3. The summed E-state index contributed by atoms with van der Waals surface area (Å²) in [5, 5.41) is 17.8. The molecule has 2 N–H and O–H groups in total. The predicted octanol–water partition coefficient (Wildman–Crippen LogP) is 2.48. The van der Waals surface area contributed by atoms with Crippen molar-refractivity contribution >= 4 is 26.8 Å². The molecule has 0 aliphatic carbocycles. The summed E-state index contributed by atoms with van der Waals surface area (Å²) in [6, 6.07) is 8.38. The lowest BCUT2D eigenvalue weighted by Gasteiger charge is -2.38. The van der Waals surface area contributed by atoms with Gasteiger partial charge in [0.15, 0.2) is 9.84 Å². The number of sulfone groups is 1. The van der Waals surface area contributed by atoms with Crippen molar-refractivity contribution in [2.45, 2.75) is 51.7 Å². The number of nitrogens with one attached hydrogen (secondary N) is 1. The lowest BCUT2D eigenvalue weighted by molar-refractivity contribution is 0.0592. The molecule has 11 heteroatoms. The minimum Gasteiger partial charge on any atom is -0.461 e. The Bertz CT molecular complexity index is 1350. The van der Waals surface area contributed by atoms with Crippen molar-refractivity contribution < 1.29 is 27.4 Å². The second kappa shape index (κ2) is 8.31. The fourth-order valence-electron chi connectivity index (χ4n) is 4.11. The first-order valence-electron chi connectivity index (χ1n) is 10.8. The quantitative estimate of drug-likeness (QED) is 0.521. The average Bonchev–Trinajstić information content (AvgIpc) is 3.02. The monoisotopic (exact) mass is 490 g/mol. The van der Waals surface area contributed by atoms with E-state index in [9.17, 15) is 22.7 Å². The highest BCUT2D eigenvalue weighted by Gasteiger charge is 2.45. The van der Waals surface area contributed by atoms with Gasteiger partial charge >= 0.3 is 0 Å². The van der Waals surface area contributed by atoms with Crippen LogP contribution in [0.2, 0.25) is 0 Å². The molecule has 1 fully saturated rings. The number of carbonyl (C=O) groups excluding carboxylic acids is 1. The number of aliphatic hydroxyl groups is 1. The van der Waals surface area contributed by atoms with Gasteiger partial charge in [0.05, 0.1) is 40.3 Å². The van der Waals surface area contributed by atoms with E-state index in [1.54, 1.807) is 55.8 Å². The van der Waals surface area contributed by atoms with Crippen molar-refractivity contribution in [2.75, 3.05) is 11.5 Å². The Kier molecular flexibility index (Phi) is 5.89. The van der Waals surface area contributed by atoms with Gasteiger partial charge in [0, 0.05) is 18.7 Å². The maximum Gasteiger partial charge on any atom is 0.253 e. The van der Waals surface area contributed by atoms with Gasteiger partial charge in [-0.2, -0.15) is 5.10 Å². The smallest absolute Gasteiger partial charge is 0.253 e. The highest BCUT2D eigenvalue weighted by molar-refractivity contribution is 7.93. The molecule has 0 radical (unpaired) electrons. The van der Waals surface area contributed by atoms with Crippen LogP contribution in [-0.4, -0.2) is 63.2 Å². The molecule has 3 aromatic rings. The molecule has 9 nitrogen and oxygen atoms in total. The highest BCUT2D eigenvalue weighted by Crippen LogP contribution is 2.31. The molecule has 1 unspecified atom stereocenters. The predicted molar refractivity (Wildman–Crippen MR) is 125 cm³/mol. The maximum atomic E-state index is 13.3. The number of hydrogen-bond donors (Lipinski definition) is 2. The number of fused-ring (bicyclic) bond motifs is 1. The van der Waals surface area contributed by atoms with Crippen LogP contribution in [0.5, 0.6) is 5.75 Å². The molecular weight excluding hydrogens is 463 g/mol. The number of hydrogen-bond acceptors (Lipinski definition) is 7. The Labute approximate surface area is 196 Å². The zero-order chi connectivity index (χ0) is 24.9. The zero-order valence-electron chi connectivity index (χ0n) is 19.4. The van der Waals surface area contributed by atoms with E-state index in [0.717, 1.165) is 0 Å². The van der Waals surface area contributed by atoms with Crippen LogP contribution in [0.25, 0.3) is 22.3 Å². The van der Waals surface area contributed by atoms with Gasteiger partial charge in [0.1, 0.15) is 17.0 Å². The molecular formula is C23H27FN4O5S. The van der Waals surface area contributed by atoms with Gasteiger partial charge in [-0.25, -0.2) is 12.8 Å². The summed E-state index contributed by atoms with van der Waals surface area (Å²) in [6.45, 7) is 6.37. The number of carbonyl (C=O) groups is 1. The molecule has 1 aromatic carbocycles. The van der Waals surface area contributed by atoms with Crippen LogP contribution in [0.4, 0.5) is 4.39 Å². The number of nitrogens with zero attached hydrogens (tertiary/aromatic N) is 3. The van der Waals surface area contributed by atoms with E-state index in [1.807, 2.05) is 0 Å². The molecule has 1 aliphatic heterocycles. The minimum absolute atomic E-state index is 0.113. The number of amides is 1. The van der Waals surface area contributed by atoms with Crippen LogP contribution in [0.15, 0.2) is 36.5 Å². The highest BCUT2D eigenvalue weighted by atomic mass is 32.2. The van der Waals surface area contributed by atoms with Crippen LogP contribution in [-0.2, 0) is 16.4 Å². The van der Waals surface area contributed by atoms with Crippen molar-refractivity contribution in [3.05, 3.63) is 42.1 Å². The van der Waals surface area contributed by atoms with Crippen LogP contribution < -0.4 is 10.1 Å². The standard InChI is InChI=1S/C23H27FN4O5S/c1-14(24)33-17-7-5-6-15(8-17)19-20-18(28(27-19)11-22(2,3)30)9-16(10-25-20)21(29)26-23(4)12-34(31,32)13-23/h5-10,14,30H,11-13H2,1-4H3,(H,26,29). The van der Waals surface area contributed by atoms with E-state index in [-0.39, 0.29) is 23.6 Å². The van der Waals surface area contributed by atoms with Crippen molar-refractivity contribution in [2.24, 2.45) is 0 Å². The van der Waals surface area contributed by atoms with Crippen molar-refractivity contribution in [3.8, 4) is 17.0 Å². The third-order valence-electron chi connectivity index (χ3n) is 5.29. The molecule has 4 rings (SSSR count). The second-order valence-corrected chi connectivity index (χ2v) is 11.7. The zero-order valence-corrected chi connectivity index (χ0v) is 20.2. The maximum absolute atomic E-state index is 13.3. The Morgan fingerprint density at radius 2 is 2.06 bits per heavy atom. The summed E-state index contributed by atoms with van der Waals surface area (Å²) in [7, 11) is -3.12. The summed E-state index contributed by atoms with van der Waals surface area (Å²) in [5.74, 6) is -0.343. The number of benzene rings is 1. The van der Waals surface area contributed by atoms with Crippen LogP contribution in [0.3, 0.4) is 0 Å². The Morgan fingerprint density at radius 1 is 1.35 bits per heavy atom. The summed E-state index contributed by atoms with van der Waals surface area (Å²) < 4.78 is 43.2. The summed E-state index contributed by atoms with van der Waals surface area (Å²) in [6.07, 6.45) is -0.0796. The first-order valence-corrected chi connectivity index (χ1v) is 12.6. The van der Waals surface area contributed by atoms with Gasteiger partial charge in [0.2, 0.25) is 6.36 Å². The van der Waals surface area contributed by atoms with E-state index < -0.39 is 33.2 Å². The second-order valence-electron chi connectivity index (χ2n) is 9.65. The van der Waals surface area contributed by atoms with Crippen LogP contribution >= 0.6 is 0 Å². The van der Waals surface area contributed by atoms with E-state index in [2.05, 4.69) is 15.4 Å². The number of halogens is 1. The largest absolute Gasteiger partial charge is 0.461 e. The van der Waals surface area contributed by atoms with Gasteiger partial charge in [-0.3, -0.25) is 14.5 Å². The van der Waals surface area contributed by atoms with Crippen molar-refractivity contribution in [3.63, 3.8) is 0 Å². The lowest BCUT2D eigenvalue weighted by Crippen LogP contribution is -2.63. The topological polar surface area (TPSA) is 123 Å². The molecule has 1 aliphatic rings. The van der Waals surface area contributed by atoms with Gasteiger partial charge < -0.3 is 15.2 Å². The SMILES string of the molecule is CC(F)Oc1cccc(-c2nn(CC(C)(C)O)c3cc(C(=O)NC4(C)CS(=O)(=O)C4)cnc23)c1. The molecule has 1 saturated heterocycles. The van der Waals surface area contributed by atoms with Gasteiger partial charge in [-0.05, 0) is 39.0 Å². The van der Waals surface area contributed by atoms with E-state index >= 15 is 0 Å². The normalized spacial score (nSPS) is 17.7. The molecule has 1 atom stereocenters. The molecule has 3 heterocycles. The number of ether oxygens (including phenoxy) is 1. The first-order chi connectivity index (χ1) is 15.7. The minimum atomic E-state index is -3.12. The Hall–Kier alpha value is -3.05. The lowest BCUT2D eigenvalue weighted by atomic mass is 10.1. The van der Waals surface area contributed by atoms with Gasteiger partial charge in [0.25, 0.3) is 5.91 Å². The molecule has 0 saturated carbocycles. The summed E-state index contributed by atoms with van der Waals surface area (Å²) >= 11 is 0. The number of aromatic nitrogens is 3. The fourth-order valence-corrected chi connectivity index (χ4v) is 6.11. The van der Waals surface area contributed by atoms with E-state index in [1.165, 1.54) is 13.1 Å². The van der Waals surface area contributed by atoms with Gasteiger partial charge in [-0.1, -0.05) is 12.1 Å². The van der Waals surface area contributed by atoms with Crippen molar-refractivity contribution in [1.29, 1.82) is 0 Å². The molecule has 0 bridgehead atoms. The first kappa shape index (κ1) is 24.1. The number of rotatable bonds is 7. The van der Waals surface area contributed by atoms with Gasteiger partial charge in [-0.15, -0.1) is 0 Å². The third-order valence-corrected chi connectivity index (χ3v) is 7.44. The number of pyridine rings is 1. The van der Waals surface area contributed by atoms with E-state index in [0.29, 0.717) is 28.0 Å². The molecule has 2 aromatic heterocycles. The average molecular weight is 491 g/mol. The Balaban J connectivity index is 1.74. The summed E-state index contributed by atoms with van der Waals surface area (Å²) in [5.41, 5.74) is 0.443. The van der Waals surface area contributed by atoms with Crippen LogP contribution in [0.1, 0.15) is 38.1 Å². The molecule has 0 spiro atoms. The van der Waals surface area contributed by atoms with E-state index in [4.69, 9.17) is 4.74 Å².